The van der Waals surface area contributed by atoms with Gasteiger partial charge in [-0.2, -0.15) is 0 Å². The molecule has 1 aliphatic heterocycles. The Morgan fingerprint density at radius 3 is 2.92 bits per heavy atom. The topological polar surface area (TPSA) is 66.8 Å². The number of carbonyl (C=O) groups is 1. The van der Waals surface area contributed by atoms with Gasteiger partial charge in [0.25, 0.3) is 0 Å². The molecule has 1 aromatic heterocycles. The van der Waals surface area contributed by atoms with Gasteiger partial charge in [-0.1, -0.05) is 13.8 Å². The van der Waals surface area contributed by atoms with Crippen LogP contribution in [0.5, 0.6) is 0 Å². The summed E-state index contributed by atoms with van der Waals surface area (Å²) in [6.45, 7) is 9.26. The van der Waals surface area contributed by atoms with Crippen molar-refractivity contribution in [1.29, 1.82) is 0 Å². The first kappa shape index (κ1) is 18.7. The molecular formula is C17H28N4O2S. The van der Waals surface area contributed by atoms with Crippen LogP contribution in [0.15, 0.2) is 10.4 Å². The van der Waals surface area contributed by atoms with Gasteiger partial charge in [-0.15, -0.1) is 11.3 Å². The summed E-state index contributed by atoms with van der Waals surface area (Å²) in [6, 6.07) is 0. The fraction of sp³-hybridized carbons (Fsp3) is 0.706. The molecule has 134 valence electrons. The van der Waals surface area contributed by atoms with Crippen LogP contribution in [-0.4, -0.2) is 55.1 Å². The minimum atomic E-state index is -0.129. The van der Waals surface area contributed by atoms with E-state index in [1.54, 1.807) is 11.3 Å². The normalized spacial score (nSPS) is 21.2. The average Bonchev–Trinajstić information content (AvgIpc) is 3.19. The van der Waals surface area contributed by atoms with Gasteiger partial charge in [0, 0.05) is 38.0 Å². The molecule has 7 heteroatoms. The second-order valence-electron chi connectivity index (χ2n) is 6.08. The lowest BCUT2D eigenvalue weighted by atomic mass is 9.99. The standard InChI is InChI=1S/C17H28N4O2S/c1-5-15-20-13(11-24-15)7-8-19-17(18-6-2)21-9-12(3)14(10-21)16(22)23-4/h11-12,14H,5-10H2,1-4H3,(H,18,19). The number of hydrogen-bond donors (Lipinski definition) is 1. The van der Waals surface area contributed by atoms with E-state index in [-0.39, 0.29) is 17.8 Å². The molecule has 1 aliphatic rings. The molecule has 2 unspecified atom stereocenters. The van der Waals surface area contributed by atoms with E-state index in [4.69, 9.17) is 9.73 Å². The summed E-state index contributed by atoms with van der Waals surface area (Å²) in [4.78, 5) is 23.3. The highest BCUT2D eigenvalue weighted by Crippen LogP contribution is 2.24. The molecule has 0 spiro atoms. The number of aromatic nitrogens is 1. The lowest BCUT2D eigenvalue weighted by molar-refractivity contribution is -0.145. The lowest BCUT2D eigenvalue weighted by Gasteiger charge is -2.21. The Kier molecular flexibility index (Phi) is 7.02. The van der Waals surface area contributed by atoms with Gasteiger partial charge in [-0.25, -0.2) is 4.98 Å². The first-order chi connectivity index (χ1) is 11.6. The second kappa shape index (κ2) is 9.01. The average molecular weight is 353 g/mol. The van der Waals surface area contributed by atoms with Gasteiger partial charge in [0.2, 0.25) is 0 Å². The molecule has 0 aromatic carbocycles. The fourth-order valence-electron chi connectivity index (χ4n) is 2.93. The van der Waals surface area contributed by atoms with Crippen molar-refractivity contribution in [1.82, 2.24) is 15.2 Å². The van der Waals surface area contributed by atoms with Gasteiger partial charge in [-0.3, -0.25) is 9.79 Å². The van der Waals surface area contributed by atoms with Gasteiger partial charge in [0.15, 0.2) is 5.96 Å². The zero-order valence-corrected chi connectivity index (χ0v) is 15.9. The molecular weight excluding hydrogens is 324 g/mol. The zero-order chi connectivity index (χ0) is 17.5. The molecule has 1 aromatic rings. The van der Waals surface area contributed by atoms with Crippen molar-refractivity contribution in [2.45, 2.75) is 33.6 Å². The number of carbonyl (C=O) groups excluding carboxylic acids is 1. The van der Waals surface area contributed by atoms with Crippen LogP contribution in [-0.2, 0) is 22.4 Å². The molecule has 0 radical (unpaired) electrons. The van der Waals surface area contributed by atoms with Crippen molar-refractivity contribution >= 4 is 23.3 Å². The SMILES string of the molecule is CCNC(=NCCc1csc(CC)n1)N1CC(C)C(C(=O)OC)C1. The molecule has 1 saturated heterocycles. The summed E-state index contributed by atoms with van der Waals surface area (Å²) in [5, 5.41) is 6.62. The summed E-state index contributed by atoms with van der Waals surface area (Å²) in [7, 11) is 1.45. The van der Waals surface area contributed by atoms with E-state index in [0.29, 0.717) is 13.1 Å². The van der Waals surface area contributed by atoms with E-state index in [1.807, 2.05) is 0 Å². The number of nitrogens with zero attached hydrogens (tertiary/aromatic N) is 3. The van der Waals surface area contributed by atoms with E-state index < -0.39 is 0 Å². The second-order valence-corrected chi connectivity index (χ2v) is 7.03. The first-order valence-corrected chi connectivity index (χ1v) is 9.51. The van der Waals surface area contributed by atoms with Gasteiger partial charge in [0.05, 0.1) is 23.7 Å². The highest BCUT2D eigenvalue weighted by atomic mass is 32.1. The fourth-order valence-corrected chi connectivity index (χ4v) is 3.71. The van der Waals surface area contributed by atoms with Gasteiger partial charge in [0.1, 0.15) is 0 Å². The largest absolute Gasteiger partial charge is 0.469 e. The summed E-state index contributed by atoms with van der Waals surface area (Å²) in [5.74, 6) is 0.939. The van der Waals surface area contributed by atoms with Crippen molar-refractivity contribution in [3.63, 3.8) is 0 Å². The van der Waals surface area contributed by atoms with Crippen LogP contribution >= 0.6 is 11.3 Å². The van der Waals surface area contributed by atoms with Crippen LogP contribution in [0.3, 0.4) is 0 Å². The van der Waals surface area contributed by atoms with Crippen molar-refractivity contribution in [3.8, 4) is 0 Å². The zero-order valence-electron chi connectivity index (χ0n) is 15.0. The van der Waals surface area contributed by atoms with Crippen molar-refractivity contribution < 1.29 is 9.53 Å². The van der Waals surface area contributed by atoms with E-state index >= 15 is 0 Å². The van der Waals surface area contributed by atoms with E-state index in [9.17, 15) is 4.79 Å². The number of aryl methyl sites for hydroxylation is 1. The molecule has 0 bridgehead atoms. The molecule has 1 fully saturated rings. The Morgan fingerprint density at radius 1 is 1.50 bits per heavy atom. The molecule has 2 rings (SSSR count). The predicted molar refractivity (Wildman–Crippen MR) is 97.4 cm³/mol. The maximum atomic E-state index is 11.9. The number of thiazole rings is 1. The summed E-state index contributed by atoms with van der Waals surface area (Å²) < 4.78 is 4.91. The van der Waals surface area contributed by atoms with Crippen molar-refractivity contribution in [3.05, 3.63) is 16.1 Å². The van der Waals surface area contributed by atoms with Gasteiger partial charge < -0.3 is 15.0 Å². The van der Waals surface area contributed by atoms with E-state index in [2.05, 4.69) is 41.4 Å². The number of esters is 1. The third-order valence-electron chi connectivity index (χ3n) is 4.28. The number of methoxy groups -OCH3 is 1. The first-order valence-electron chi connectivity index (χ1n) is 8.63. The number of guanidine groups is 1. The Labute approximate surface area is 148 Å². The number of hydrogen-bond acceptors (Lipinski definition) is 5. The van der Waals surface area contributed by atoms with Crippen LogP contribution in [0.1, 0.15) is 31.5 Å². The molecule has 2 heterocycles. The maximum absolute atomic E-state index is 11.9. The number of nitrogens with one attached hydrogen (secondary N) is 1. The highest BCUT2D eigenvalue weighted by molar-refractivity contribution is 7.09. The Hall–Kier alpha value is -1.63. The monoisotopic (exact) mass is 352 g/mol. The Balaban J connectivity index is 1.96. The molecule has 1 N–H and O–H groups in total. The van der Waals surface area contributed by atoms with Crippen LogP contribution in [0.4, 0.5) is 0 Å². The number of ether oxygens (including phenoxy) is 1. The third kappa shape index (κ3) is 4.69. The highest BCUT2D eigenvalue weighted by Gasteiger charge is 2.36. The number of likely N-dealkylation sites (tertiary alicyclic amines) is 1. The third-order valence-corrected chi connectivity index (χ3v) is 5.32. The van der Waals surface area contributed by atoms with Crippen molar-refractivity contribution in [2.24, 2.45) is 16.8 Å². The van der Waals surface area contributed by atoms with E-state index in [0.717, 1.165) is 37.6 Å². The van der Waals surface area contributed by atoms with Crippen molar-refractivity contribution in [2.75, 3.05) is 33.3 Å². The minimum absolute atomic E-state index is 0.0792. The van der Waals surface area contributed by atoms with Crippen LogP contribution in [0, 0.1) is 11.8 Å². The lowest BCUT2D eigenvalue weighted by Crippen LogP contribution is -2.40. The predicted octanol–water partition coefficient (Wildman–Crippen LogP) is 1.95. The minimum Gasteiger partial charge on any atom is -0.469 e. The quantitative estimate of drug-likeness (QED) is 0.482. The molecule has 0 amide bonds. The summed E-state index contributed by atoms with van der Waals surface area (Å²) >= 11 is 1.71. The Bertz CT molecular complexity index is 573. The summed E-state index contributed by atoms with van der Waals surface area (Å²) in [6.07, 6.45) is 1.83. The van der Waals surface area contributed by atoms with Gasteiger partial charge in [-0.05, 0) is 19.3 Å². The molecule has 0 saturated carbocycles. The number of aliphatic imine (C=N–C) groups is 1. The van der Waals surface area contributed by atoms with Crippen LogP contribution in [0.2, 0.25) is 0 Å². The van der Waals surface area contributed by atoms with Crippen LogP contribution < -0.4 is 5.32 Å². The molecule has 24 heavy (non-hydrogen) atoms. The molecule has 0 aliphatic carbocycles. The maximum Gasteiger partial charge on any atom is 0.310 e. The van der Waals surface area contributed by atoms with Crippen LogP contribution in [0.25, 0.3) is 0 Å². The van der Waals surface area contributed by atoms with Gasteiger partial charge >= 0.3 is 5.97 Å². The smallest absolute Gasteiger partial charge is 0.310 e. The van der Waals surface area contributed by atoms with E-state index in [1.165, 1.54) is 12.1 Å². The summed E-state index contributed by atoms with van der Waals surface area (Å²) in [5.41, 5.74) is 1.11. The number of rotatable bonds is 6. The molecule has 2 atom stereocenters. The molecule has 6 nitrogen and oxygen atoms in total. The Morgan fingerprint density at radius 2 is 2.29 bits per heavy atom.